The van der Waals surface area contributed by atoms with Gasteiger partial charge in [0.15, 0.2) is 0 Å². The molecule has 12 heavy (non-hydrogen) atoms. The van der Waals surface area contributed by atoms with Gasteiger partial charge in [-0.1, -0.05) is 10.4 Å². The molecule has 1 fully saturated rings. The van der Waals surface area contributed by atoms with E-state index in [0.717, 1.165) is 24.3 Å². The molecule has 0 aromatic heterocycles. The molecular weight excluding hydrogens is 176 g/mol. The van der Waals surface area contributed by atoms with Crippen LogP contribution in [0.15, 0.2) is 10.4 Å². The lowest BCUT2D eigenvalue weighted by Crippen LogP contribution is -2.32. The maximum atomic E-state index is 10.2. The predicted octanol–water partition coefficient (Wildman–Crippen LogP) is 2.03. The van der Waals surface area contributed by atoms with Crippen LogP contribution in [0, 0.1) is 15.2 Å². The molecule has 68 valence electrons. The van der Waals surface area contributed by atoms with Crippen LogP contribution in [-0.2, 0) is 0 Å². The lowest BCUT2D eigenvalue weighted by molar-refractivity contribution is 0.284. The molecule has 0 aromatic rings. The van der Waals surface area contributed by atoms with Crippen LogP contribution in [0.2, 0.25) is 0 Å². The number of thioether (sulfide) groups is 1. The summed E-state index contributed by atoms with van der Waals surface area (Å²) in [6, 6.07) is 0. The SMILES string of the molecule is O=NCC1(CN=O)CCSCC1. The molecule has 1 saturated heterocycles. The zero-order chi connectivity index (χ0) is 8.86. The highest BCUT2D eigenvalue weighted by atomic mass is 32.2. The minimum absolute atomic E-state index is 0.200. The molecule has 0 aromatic carbocycles. The minimum atomic E-state index is -0.200. The number of nitrogens with zero attached hydrogens (tertiary/aromatic N) is 2. The zero-order valence-corrected chi connectivity index (χ0v) is 7.68. The number of rotatable bonds is 4. The maximum Gasteiger partial charge on any atom is 0.0886 e. The van der Waals surface area contributed by atoms with Crippen LogP contribution >= 0.6 is 11.8 Å². The quantitative estimate of drug-likeness (QED) is 0.634. The number of hydrogen-bond donors (Lipinski definition) is 0. The van der Waals surface area contributed by atoms with Crippen molar-refractivity contribution in [3.8, 4) is 0 Å². The lowest BCUT2D eigenvalue weighted by Gasteiger charge is -2.31. The Labute approximate surface area is 75.4 Å². The Morgan fingerprint density at radius 3 is 2.00 bits per heavy atom. The van der Waals surface area contributed by atoms with E-state index in [0.29, 0.717) is 0 Å². The summed E-state index contributed by atoms with van der Waals surface area (Å²) in [5, 5.41) is 5.78. The van der Waals surface area contributed by atoms with Crippen LogP contribution in [0.5, 0.6) is 0 Å². The van der Waals surface area contributed by atoms with Crippen LogP contribution in [-0.4, -0.2) is 24.6 Å². The van der Waals surface area contributed by atoms with Crippen molar-refractivity contribution < 1.29 is 0 Å². The highest BCUT2D eigenvalue weighted by Gasteiger charge is 2.33. The fourth-order valence-electron chi connectivity index (χ4n) is 1.44. The van der Waals surface area contributed by atoms with E-state index in [-0.39, 0.29) is 18.5 Å². The second-order valence-electron chi connectivity index (χ2n) is 3.19. The van der Waals surface area contributed by atoms with Crippen molar-refractivity contribution in [2.75, 3.05) is 24.6 Å². The lowest BCUT2D eigenvalue weighted by atomic mass is 9.82. The van der Waals surface area contributed by atoms with Gasteiger partial charge in [-0.05, 0) is 24.3 Å². The van der Waals surface area contributed by atoms with Gasteiger partial charge in [0.1, 0.15) is 0 Å². The van der Waals surface area contributed by atoms with Gasteiger partial charge in [-0.2, -0.15) is 21.6 Å². The van der Waals surface area contributed by atoms with E-state index in [1.54, 1.807) is 0 Å². The van der Waals surface area contributed by atoms with Gasteiger partial charge in [-0.3, -0.25) is 0 Å². The van der Waals surface area contributed by atoms with Crippen molar-refractivity contribution in [1.82, 2.24) is 0 Å². The standard InChI is InChI=1S/C7H12N2O2S/c10-8-5-7(6-9-11)1-3-12-4-2-7/h1-6H2. The highest BCUT2D eigenvalue weighted by Crippen LogP contribution is 2.35. The van der Waals surface area contributed by atoms with Gasteiger partial charge in [0.25, 0.3) is 0 Å². The molecule has 5 heteroatoms. The summed E-state index contributed by atoms with van der Waals surface area (Å²) in [7, 11) is 0. The molecule has 0 aliphatic carbocycles. The van der Waals surface area contributed by atoms with Gasteiger partial charge in [-0.25, -0.2) is 0 Å². The molecule has 0 radical (unpaired) electrons. The van der Waals surface area contributed by atoms with E-state index in [9.17, 15) is 9.81 Å². The van der Waals surface area contributed by atoms with Gasteiger partial charge in [0.05, 0.1) is 13.1 Å². The molecule has 0 atom stereocenters. The smallest absolute Gasteiger partial charge is 0.0886 e. The van der Waals surface area contributed by atoms with Crippen LogP contribution in [0.1, 0.15) is 12.8 Å². The Morgan fingerprint density at radius 2 is 1.58 bits per heavy atom. The van der Waals surface area contributed by atoms with Crippen molar-refractivity contribution in [1.29, 1.82) is 0 Å². The third-order valence-corrected chi connectivity index (χ3v) is 3.34. The first-order chi connectivity index (χ1) is 5.83. The summed E-state index contributed by atoms with van der Waals surface area (Å²) in [5.74, 6) is 2.04. The average Bonchev–Trinajstić information content (AvgIpc) is 2.07. The second-order valence-corrected chi connectivity index (χ2v) is 4.41. The summed E-state index contributed by atoms with van der Waals surface area (Å²) >= 11 is 1.86. The Hall–Kier alpha value is -0.450. The maximum absolute atomic E-state index is 10.2. The van der Waals surface area contributed by atoms with Gasteiger partial charge < -0.3 is 0 Å². The molecule has 0 unspecified atom stereocenters. The normalized spacial score (nSPS) is 21.7. The average molecular weight is 188 g/mol. The predicted molar refractivity (Wildman–Crippen MR) is 50.3 cm³/mol. The van der Waals surface area contributed by atoms with Crippen LogP contribution < -0.4 is 0 Å². The van der Waals surface area contributed by atoms with Gasteiger partial charge in [0.2, 0.25) is 0 Å². The van der Waals surface area contributed by atoms with Crippen LogP contribution in [0.3, 0.4) is 0 Å². The molecule has 0 bridgehead atoms. The van der Waals surface area contributed by atoms with Gasteiger partial charge in [-0.15, -0.1) is 0 Å². The Kier molecular flexibility index (Phi) is 3.65. The van der Waals surface area contributed by atoms with E-state index in [1.807, 2.05) is 11.8 Å². The van der Waals surface area contributed by atoms with E-state index < -0.39 is 0 Å². The van der Waals surface area contributed by atoms with Crippen LogP contribution in [0.4, 0.5) is 0 Å². The largest absolute Gasteiger partial charge is 0.162 e. The zero-order valence-electron chi connectivity index (χ0n) is 6.86. The van der Waals surface area contributed by atoms with Gasteiger partial charge >= 0.3 is 0 Å². The minimum Gasteiger partial charge on any atom is -0.162 e. The highest BCUT2D eigenvalue weighted by molar-refractivity contribution is 7.99. The second kappa shape index (κ2) is 4.54. The van der Waals surface area contributed by atoms with E-state index in [1.165, 1.54) is 0 Å². The summed E-state index contributed by atoms with van der Waals surface area (Å²) in [5.41, 5.74) is -0.200. The molecule has 0 saturated carbocycles. The van der Waals surface area contributed by atoms with Crippen molar-refractivity contribution in [2.24, 2.45) is 15.8 Å². The molecule has 1 rings (SSSR count). The molecule has 0 N–H and O–H groups in total. The van der Waals surface area contributed by atoms with Crippen molar-refractivity contribution in [3.05, 3.63) is 9.81 Å². The summed E-state index contributed by atoms with van der Waals surface area (Å²) in [6.45, 7) is 0.499. The third-order valence-electron chi connectivity index (χ3n) is 2.35. The molecule has 1 aliphatic heterocycles. The van der Waals surface area contributed by atoms with Crippen molar-refractivity contribution in [2.45, 2.75) is 12.8 Å². The van der Waals surface area contributed by atoms with E-state index >= 15 is 0 Å². The fourth-order valence-corrected chi connectivity index (χ4v) is 2.80. The van der Waals surface area contributed by atoms with Crippen LogP contribution in [0.25, 0.3) is 0 Å². The topological polar surface area (TPSA) is 58.9 Å². The summed E-state index contributed by atoms with van der Waals surface area (Å²) in [6.07, 6.45) is 1.80. The van der Waals surface area contributed by atoms with E-state index in [4.69, 9.17) is 0 Å². The van der Waals surface area contributed by atoms with Crippen molar-refractivity contribution >= 4 is 11.8 Å². The summed E-state index contributed by atoms with van der Waals surface area (Å²) in [4.78, 5) is 20.3. The molecule has 1 aliphatic rings. The summed E-state index contributed by atoms with van der Waals surface area (Å²) < 4.78 is 0. The van der Waals surface area contributed by atoms with E-state index in [2.05, 4.69) is 10.4 Å². The Morgan fingerprint density at radius 1 is 1.08 bits per heavy atom. The molecule has 0 amide bonds. The first kappa shape index (κ1) is 9.64. The fraction of sp³-hybridized carbons (Fsp3) is 1.00. The molecule has 0 spiro atoms. The van der Waals surface area contributed by atoms with Gasteiger partial charge in [0, 0.05) is 5.41 Å². The molecular formula is C7H12N2O2S. The number of nitroso groups, excluding NO2 is 2. The first-order valence-electron chi connectivity index (χ1n) is 3.99. The molecule has 4 nitrogen and oxygen atoms in total. The first-order valence-corrected chi connectivity index (χ1v) is 5.14. The Balaban J connectivity index is 2.55. The monoisotopic (exact) mass is 188 g/mol. The molecule has 1 heterocycles. The van der Waals surface area contributed by atoms with Crippen molar-refractivity contribution in [3.63, 3.8) is 0 Å². The Bertz CT molecular complexity index is 157. The third kappa shape index (κ3) is 2.27. The number of hydrogen-bond acceptors (Lipinski definition) is 5.